The summed E-state index contributed by atoms with van der Waals surface area (Å²) >= 11 is 10.3. The number of nitrogens with one attached hydrogen (secondary N) is 1. The summed E-state index contributed by atoms with van der Waals surface area (Å²) in [6, 6.07) is 4.30. The summed E-state index contributed by atoms with van der Waals surface area (Å²) in [5, 5.41) is 13.2. The Hall–Kier alpha value is -1.40. The molecule has 0 aliphatic carbocycles. The fourth-order valence-corrected chi connectivity index (χ4v) is 1.23. The molecule has 0 aliphatic heterocycles. The molecule has 0 amide bonds. The Morgan fingerprint density at radius 2 is 2.29 bits per heavy atom. The number of halogens is 1. The fourth-order valence-electron chi connectivity index (χ4n) is 0.912. The summed E-state index contributed by atoms with van der Waals surface area (Å²) < 4.78 is 0. The molecule has 0 spiro atoms. The van der Waals surface area contributed by atoms with Gasteiger partial charge in [0.2, 0.25) is 0 Å². The van der Waals surface area contributed by atoms with Crippen molar-refractivity contribution >= 4 is 40.3 Å². The number of nitrogens with zero attached hydrogens (tertiary/aromatic N) is 1. The molecule has 0 radical (unpaired) electrons. The number of hydrogen-bond donors (Lipinski definition) is 2. The van der Waals surface area contributed by atoms with Crippen LogP contribution in [0, 0.1) is 10.1 Å². The number of anilines is 1. The van der Waals surface area contributed by atoms with Gasteiger partial charge in [-0.1, -0.05) is 17.7 Å². The van der Waals surface area contributed by atoms with Crippen molar-refractivity contribution in [1.82, 2.24) is 0 Å². The molecule has 0 saturated carbocycles. The minimum absolute atomic E-state index is 0.0683. The standard InChI is InChI=1S/C7H6ClN3O2S/c8-4-2-1-3-5(11(12)13)6(4)10-7(9)14/h1-3H,(H3,9,10,14). The van der Waals surface area contributed by atoms with Crippen molar-refractivity contribution in [2.45, 2.75) is 0 Å². The van der Waals surface area contributed by atoms with Gasteiger partial charge in [0.05, 0.1) is 9.95 Å². The highest BCUT2D eigenvalue weighted by Crippen LogP contribution is 2.31. The second kappa shape index (κ2) is 4.21. The van der Waals surface area contributed by atoms with Gasteiger partial charge in [0.25, 0.3) is 5.69 Å². The summed E-state index contributed by atoms with van der Waals surface area (Å²) in [5.74, 6) is 0. The third-order valence-corrected chi connectivity index (χ3v) is 1.85. The van der Waals surface area contributed by atoms with E-state index in [2.05, 4.69) is 17.5 Å². The zero-order chi connectivity index (χ0) is 10.7. The number of nitro groups is 1. The van der Waals surface area contributed by atoms with Gasteiger partial charge in [0, 0.05) is 6.07 Å². The highest BCUT2D eigenvalue weighted by atomic mass is 35.5. The molecule has 5 nitrogen and oxygen atoms in total. The van der Waals surface area contributed by atoms with E-state index in [-0.39, 0.29) is 21.5 Å². The first-order valence-electron chi connectivity index (χ1n) is 3.51. The molecule has 0 aliphatic rings. The van der Waals surface area contributed by atoms with Gasteiger partial charge < -0.3 is 11.1 Å². The lowest BCUT2D eigenvalue weighted by Gasteiger charge is -2.05. The molecule has 0 bridgehead atoms. The quantitative estimate of drug-likeness (QED) is 0.462. The number of rotatable bonds is 2. The van der Waals surface area contributed by atoms with Crippen molar-refractivity contribution in [2.75, 3.05) is 5.32 Å². The van der Waals surface area contributed by atoms with Crippen LogP contribution < -0.4 is 11.1 Å². The second-order valence-electron chi connectivity index (χ2n) is 2.38. The number of nitro benzene ring substituents is 1. The van der Waals surface area contributed by atoms with Gasteiger partial charge in [-0.05, 0) is 18.3 Å². The molecule has 0 heterocycles. The Kier molecular flexibility index (Phi) is 3.21. The molecule has 0 unspecified atom stereocenters. The fraction of sp³-hybridized carbons (Fsp3) is 0. The van der Waals surface area contributed by atoms with Gasteiger partial charge >= 0.3 is 0 Å². The number of para-hydroxylation sites is 1. The van der Waals surface area contributed by atoms with Crippen LogP contribution in [0.4, 0.5) is 11.4 Å². The van der Waals surface area contributed by atoms with E-state index >= 15 is 0 Å². The van der Waals surface area contributed by atoms with Crippen LogP contribution in [0.3, 0.4) is 0 Å². The Morgan fingerprint density at radius 1 is 1.64 bits per heavy atom. The van der Waals surface area contributed by atoms with Gasteiger partial charge in [0.1, 0.15) is 5.69 Å². The monoisotopic (exact) mass is 231 g/mol. The third kappa shape index (κ3) is 2.30. The van der Waals surface area contributed by atoms with Crippen LogP contribution in [-0.4, -0.2) is 10.0 Å². The highest BCUT2D eigenvalue weighted by molar-refractivity contribution is 7.80. The van der Waals surface area contributed by atoms with Gasteiger partial charge in [0.15, 0.2) is 5.11 Å². The second-order valence-corrected chi connectivity index (χ2v) is 3.23. The molecule has 1 aromatic carbocycles. The van der Waals surface area contributed by atoms with Crippen LogP contribution in [0.1, 0.15) is 0 Å². The molecule has 3 N–H and O–H groups in total. The average Bonchev–Trinajstić information content (AvgIpc) is 2.07. The normalized spacial score (nSPS) is 9.50. The average molecular weight is 232 g/mol. The van der Waals surface area contributed by atoms with Crippen LogP contribution in [0.5, 0.6) is 0 Å². The molecule has 1 aromatic rings. The van der Waals surface area contributed by atoms with E-state index in [1.165, 1.54) is 18.2 Å². The zero-order valence-electron chi connectivity index (χ0n) is 6.86. The van der Waals surface area contributed by atoms with E-state index in [1.807, 2.05) is 0 Å². The first-order chi connectivity index (χ1) is 6.52. The minimum atomic E-state index is -0.563. The van der Waals surface area contributed by atoms with Crippen molar-refractivity contribution in [3.8, 4) is 0 Å². The van der Waals surface area contributed by atoms with E-state index < -0.39 is 4.92 Å². The summed E-state index contributed by atoms with van der Waals surface area (Å²) in [6.07, 6.45) is 0. The van der Waals surface area contributed by atoms with Crippen molar-refractivity contribution in [2.24, 2.45) is 5.73 Å². The maximum absolute atomic E-state index is 10.6. The maximum atomic E-state index is 10.6. The first kappa shape index (κ1) is 10.7. The van der Waals surface area contributed by atoms with Crippen molar-refractivity contribution in [3.63, 3.8) is 0 Å². The molecular weight excluding hydrogens is 226 g/mol. The van der Waals surface area contributed by atoms with Gasteiger partial charge in [-0.15, -0.1) is 0 Å². The van der Waals surface area contributed by atoms with Crippen LogP contribution in [0.15, 0.2) is 18.2 Å². The lowest BCUT2D eigenvalue weighted by Crippen LogP contribution is -2.19. The maximum Gasteiger partial charge on any atom is 0.294 e. The van der Waals surface area contributed by atoms with Crippen molar-refractivity contribution in [3.05, 3.63) is 33.3 Å². The van der Waals surface area contributed by atoms with Crippen LogP contribution in [0.2, 0.25) is 5.02 Å². The molecule has 0 saturated heterocycles. The Balaban J connectivity index is 3.22. The van der Waals surface area contributed by atoms with Crippen molar-refractivity contribution < 1.29 is 4.92 Å². The molecular formula is C7H6ClN3O2S. The SMILES string of the molecule is NC(=S)Nc1c(Cl)cccc1[N+](=O)[O-]. The molecule has 0 aromatic heterocycles. The van der Waals surface area contributed by atoms with E-state index in [9.17, 15) is 10.1 Å². The van der Waals surface area contributed by atoms with Gasteiger partial charge in [-0.2, -0.15) is 0 Å². The van der Waals surface area contributed by atoms with Gasteiger partial charge in [-0.25, -0.2) is 0 Å². The van der Waals surface area contributed by atoms with Gasteiger partial charge in [-0.3, -0.25) is 10.1 Å². The van der Waals surface area contributed by atoms with Crippen molar-refractivity contribution in [1.29, 1.82) is 0 Å². The van der Waals surface area contributed by atoms with E-state index in [0.717, 1.165) is 0 Å². The Morgan fingerprint density at radius 3 is 2.79 bits per heavy atom. The van der Waals surface area contributed by atoms with E-state index in [4.69, 9.17) is 17.3 Å². The molecule has 1 rings (SSSR count). The Bertz CT molecular complexity index is 397. The minimum Gasteiger partial charge on any atom is -0.376 e. The third-order valence-electron chi connectivity index (χ3n) is 1.44. The molecule has 7 heteroatoms. The number of thiocarbonyl (C=S) groups is 1. The largest absolute Gasteiger partial charge is 0.376 e. The molecule has 0 atom stereocenters. The van der Waals surface area contributed by atoms with Crippen LogP contribution in [0.25, 0.3) is 0 Å². The molecule has 0 fully saturated rings. The summed E-state index contributed by atoms with van der Waals surface area (Å²) in [4.78, 5) is 10.0. The number of benzene rings is 1. The Labute approximate surface area is 90.0 Å². The first-order valence-corrected chi connectivity index (χ1v) is 4.30. The highest BCUT2D eigenvalue weighted by Gasteiger charge is 2.16. The van der Waals surface area contributed by atoms with Crippen LogP contribution >= 0.6 is 23.8 Å². The smallest absolute Gasteiger partial charge is 0.294 e. The number of nitrogens with two attached hydrogens (primary N) is 1. The molecule has 74 valence electrons. The zero-order valence-corrected chi connectivity index (χ0v) is 8.43. The summed E-state index contributed by atoms with van der Waals surface area (Å²) in [6.45, 7) is 0. The summed E-state index contributed by atoms with van der Waals surface area (Å²) in [5.41, 5.74) is 5.16. The predicted octanol–water partition coefficient (Wildman–Crippen LogP) is 1.90. The number of hydrogen-bond acceptors (Lipinski definition) is 3. The topological polar surface area (TPSA) is 81.2 Å². The predicted molar refractivity (Wildman–Crippen MR) is 58.5 cm³/mol. The lowest BCUT2D eigenvalue weighted by atomic mass is 10.2. The molecule has 14 heavy (non-hydrogen) atoms. The summed E-state index contributed by atoms with van der Waals surface area (Å²) in [7, 11) is 0. The van der Waals surface area contributed by atoms with E-state index in [0.29, 0.717) is 0 Å². The van der Waals surface area contributed by atoms with Crippen LogP contribution in [-0.2, 0) is 0 Å². The lowest BCUT2D eigenvalue weighted by molar-refractivity contribution is -0.383. The van der Waals surface area contributed by atoms with E-state index in [1.54, 1.807) is 0 Å².